The summed E-state index contributed by atoms with van der Waals surface area (Å²) in [5.74, 6) is -0.765. The molecule has 0 fully saturated rings. The van der Waals surface area contributed by atoms with Crippen LogP contribution in [-0.4, -0.2) is 39.4 Å². The smallest absolute Gasteiger partial charge is 0.475 e. The summed E-state index contributed by atoms with van der Waals surface area (Å²) in [4.78, 5) is 11.2. The van der Waals surface area contributed by atoms with Crippen molar-refractivity contribution >= 4 is 5.97 Å². The summed E-state index contributed by atoms with van der Waals surface area (Å²) >= 11 is 0. The first-order valence-electron chi connectivity index (χ1n) is 7.46. The van der Waals surface area contributed by atoms with Crippen molar-refractivity contribution < 1.29 is 27.5 Å². The molecule has 2 aromatic heterocycles. The van der Waals surface area contributed by atoms with Crippen LogP contribution in [0.3, 0.4) is 0 Å². The maximum absolute atomic E-state index is 10.6. The van der Waals surface area contributed by atoms with E-state index in [2.05, 4.69) is 35.1 Å². The Balaban J connectivity index is 0.000000381. The Morgan fingerprint density at radius 2 is 1.84 bits per heavy atom. The van der Waals surface area contributed by atoms with E-state index in [0.717, 1.165) is 36.0 Å². The van der Waals surface area contributed by atoms with Crippen molar-refractivity contribution in [1.82, 2.24) is 15.1 Å². The predicted molar refractivity (Wildman–Crippen MR) is 85.1 cm³/mol. The molecule has 0 atom stereocenters. The summed E-state index contributed by atoms with van der Waals surface area (Å²) in [6, 6.07) is 2.11. The lowest BCUT2D eigenvalue weighted by atomic mass is 10.1. The van der Waals surface area contributed by atoms with Crippen LogP contribution in [0.25, 0.3) is 0 Å². The van der Waals surface area contributed by atoms with Crippen molar-refractivity contribution in [2.45, 2.75) is 47.0 Å². The van der Waals surface area contributed by atoms with Crippen LogP contribution in [0.4, 0.5) is 13.2 Å². The van der Waals surface area contributed by atoms with Crippen LogP contribution in [0.2, 0.25) is 0 Å². The van der Waals surface area contributed by atoms with Crippen molar-refractivity contribution in [2.75, 3.05) is 7.05 Å². The van der Waals surface area contributed by atoms with E-state index in [1.165, 1.54) is 11.1 Å². The molecule has 0 aromatic carbocycles. The molecule has 2 rings (SSSR count). The number of halogens is 3. The van der Waals surface area contributed by atoms with Crippen LogP contribution in [-0.2, 0) is 17.9 Å². The lowest BCUT2D eigenvalue weighted by Crippen LogP contribution is -2.21. The van der Waals surface area contributed by atoms with E-state index in [4.69, 9.17) is 14.3 Å². The molecular weight excluding hydrogens is 339 g/mol. The van der Waals surface area contributed by atoms with Crippen LogP contribution < -0.4 is 0 Å². The second-order valence-corrected chi connectivity index (χ2v) is 5.83. The first-order valence-corrected chi connectivity index (χ1v) is 7.46. The third-order valence-electron chi connectivity index (χ3n) is 3.54. The van der Waals surface area contributed by atoms with Crippen LogP contribution in [0.15, 0.2) is 10.5 Å². The van der Waals surface area contributed by atoms with Gasteiger partial charge in [0.1, 0.15) is 11.5 Å². The first kappa shape index (κ1) is 20.8. The molecule has 0 aliphatic carbocycles. The standard InChI is InChI=1S/C14H21N3O.C2HF3O2/c1-9-6-13(12(4)18-9)7-17(5)8-14-10(2)15-16-11(14)3;3-2(4,5)1(6)7/h6H,7-8H2,1-5H3,(H,15,16);(H,6,7). The zero-order valence-corrected chi connectivity index (χ0v) is 14.8. The minimum absolute atomic E-state index is 0.896. The number of nitrogens with zero attached hydrogens (tertiary/aromatic N) is 2. The van der Waals surface area contributed by atoms with Gasteiger partial charge in [-0.05, 0) is 40.8 Å². The summed E-state index contributed by atoms with van der Waals surface area (Å²) < 4.78 is 37.3. The predicted octanol–water partition coefficient (Wildman–Crippen LogP) is 3.50. The van der Waals surface area contributed by atoms with Crippen molar-refractivity contribution in [3.05, 3.63) is 40.1 Å². The number of carbonyl (C=O) groups is 1. The summed E-state index contributed by atoms with van der Waals surface area (Å²) in [5, 5.41) is 14.4. The second-order valence-electron chi connectivity index (χ2n) is 5.83. The monoisotopic (exact) mass is 361 g/mol. The Morgan fingerprint density at radius 1 is 1.28 bits per heavy atom. The molecule has 0 saturated heterocycles. The van der Waals surface area contributed by atoms with E-state index in [9.17, 15) is 13.2 Å². The molecule has 0 bridgehead atoms. The number of furan rings is 1. The van der Waals surface area contributed by atoms with Gasteiger partial charge in [0.2, 0.25) is 0 Å². The zero-order chi connectivity index (χ0) is 19.4. The maximum Gasteiger partial charge on any atom is 0.490 e. The highest BCUT2D eigenvalue weighted by molar-refractivity contribution is 5.73. The summed E-state index contributed by atoms with van der Waals surface area (Å²) in [6.45, 7) is 9.91. The Labute approximate surface area is 143 Å². The fraction of sp³-hybridized carbons (Fsp3) is 0.500. The Bertz CT molecular complexity index is 701. The van der Waals surface area contributed by atoms with Crippen LogP contribution >= 0.6 is 0 Å². The molecule has 0 unspecified atom stereocenters. The minimum Gasteiger partial charge on any atom is -0.475 e. The van der Waals surface area contributed by atoms with Gasteiger partial charge in [0.05, 0.1) is 5.69 Å². The van der Waals surface area contributed by atoms with Crippen LogP contribution in [0, 0.1) is 27.7 Å². The topological polar surface area (TPSA) is 82.4 Å². The number of carboxylic acids is 1. The summed E-state index contributed by atoms with van der Waals surface area (Å²) in [5.41, 5.74) is 4.78. The molecule has 2 aromatic rings. The molecule has 0 aliphatic rings. The van der Waals surface area contributed by atoms with Crippen molar-refractivity contribution in [2.24, 2.45) is 0 Å². The van der Waals surface area contributed by atoms with Crippen molar-refractivity contribution in [3.8, 4) is 0 Å². The number of H-pyrrole nitrogens is 1. The number of rotatable bonds is 4. The van der Waals surface area contributed by atoms with E-state index in [-0.39, 0.29) is 0 Å². The molecule has 2 heterocycles. The number of aliphatic carboxylic acids is 1. The number of aromatic nitrogens is 2. The van der Waals surface area contributed by atoms with E-state index in [1.807, 2.05) is 20.8 Å². The Hall–Kier alpha value is -2.29. The van der Waals surface area contributed by atoms with E-state index in [1.54, 1.807) is 0 Å². The van der Waals surface area contributed by atoms with Gasteiger partial charge in [0, 0.05) is 29.9 Å². The van der Waals surface area contributed by atoms with Crippen molar-refractivity contribution in [1.29, 1.82) is 0 Å². The number of aryl methyl sites for hydroxylation is 4. The van der Waals surface area contributed by atoms with Gasteiger partial charge in [0.15, 0.2) is 0 Å². The average Bonchev–Trinajstić information content (AvgIpc) is 2.94. The van der Waals surface area contributed by atoms with Gasteiger partial charge in [-0.1, -0.05) is 0 Å². The summed E-state index contributed by atoms with van der Waals surface area (Å²) in [7, 11) is 2.12. The average molecular weight is 361 g/mol. The molecule has 2 N–H and O–H groups in total. The van der Waals surface area contributed by atoms with E-state index in [0.29, 0.717) is 0 Å². The molecule has 0 amide bonds. The van der Waals surface area contributed by atoms with Gasteiger partial charge < -0.3 is 9.52 Å². The number of aromatic amines is 1. The van der Waals surface area contributed by atoms with Gasteiger partial charge in [-0.3, -0.25) is 10.00 Å². The van der Waals surface area contributed by atoms with Crippen molar-refractivity contribution in [3.63, 3.8) is 0 Å². The molecular formula is C16H22F3N3O3. The number of nitrogens with one attached hydrogen (secondary N) is 1. The number of hydrogen-bond donors (Lipinski definition) is 2. The fourth-order valence-corrected chi connectivity index (χ4v) is 2.26. The lowest BCUT2D eigenvalue weighted by molar-refractivity contribution is -0.192. The molecule has 0 spiro atoms. The normalized spacial score (nSPS) is 11.4. The van der Waals surface area contributed by atoms with Gasteiger partial charge in [0.25, 0.3) is 0 Å². The Kier molecular flexibility index (Phi) is 6.80. The number of carboxylic acid groups (broad SMARTS) is 1. The summed E-state index contributed by atoms with van der Waals surface area (Å²) in [6.07, 6.45) is -5.08. The molecule has 9 heteroatoms. The van der Waals surface area contributed by atoms with Crippen LogP contribution in [0.1, 0.15) is 34.0 Å². The number of alkyl halides is 3. The minimum atomic E-state index is -5.08. The molecule has 0 saturated carbocycles. The molecule has 0 radical (unpaired) electrons. The fourth-order valence-electron chi connectivity index (χ4n) is 2.26. The molecule has 0 aliphatic heterocycles. The second kappa shape index (κ2) is 8.19. The quantitative estimate of drug-likeness (QED) is 0.871. The maximum atomic E-state index is 10.6. The van der Waals surface area contributed by atoms with Gasteiger partial charge >= 0.3 is 12.1 Å². The highest BCUT2D eigenvalue weighted by Crippen LogP contribution is 2.18. The first-order chi connectivity index (χ1) is 11.4. The van der Waals surface area contributed by atoms with Gasteiger partial charge in [-0.25, -0.2) is 4.79 Å². The largest absolute Gasteiger partial charge is 0.490 e. The number of hydrogen-bond acceptors (Lipinski definition) is 4. The van der Waals surface area contributed by atoms with Crippen LogP contribution in [0.5, 0.6) is 0 Å². The SMILES string of the molecule is Cc1cc(CN(C)Cc2c(C)n[nH]c2C)c(C)o1.O=C(O)C(F)(F)F. The molecule has 25 heavy (non-hydrogen) atoms. The van der Waals surface area contributed by atoms with Gasteiger partial charge in [-0.15, -0.1) is 0 Å². The molecule has 6 nitrogen and oxygen atoms in total. The van der Waals surface area contributed by atoms with E-state index >= 15 is 0 Å². The highest BCUT2D eigenvalue weighted by Gasteiger charge is 2.38. The van der Waals surface area contributed by atoms with Gasteiger partial charge in [-0.2, -0.15) is 18.3 Å². The lowest BCUT2D eigenvalue weighted by Gasteiger charge is -2.16. The molecule has 140 valence electrons. The third-order valence-corrected chi connectivity index (χ3v) is 3.54. The highest BCUT2D eigenvalue weighted by atomic mass is 19.4. The Morgan fingerprint density at radius 3 is 2.20 bits per heavy atom. The van der Waals surface area contributed by atoms with E-state index < -0.39 is 12.1 Å². The zero-order valence-electron chi connectivity index (χ0n) is 14.8. The third kappa shape index (κ3) is 6.26.